The fourth-order valence-electron chi connectivity index (χ4n) is 3.24. The predicted octanol–water partition coefficient (Wildman–Crippen LogP) is 0.953. The summed E-state index contributed by atoms with van der Waals surface area (Å²) in [6.45, 7) is 1.73. The number of benzene rings is 1. The molecule has 25 heavy (non-hydrogen) atoms. The number of nitrogens with zero attached hydrogens (tertiary/aromatic N) is 4. The minimum absolute atomic E-state index is 0.0248. The largest absolute Gasteiger partial charge is 0.352 e. The van der Waals surface area contributed by atoms with Gasteiger partial charge in [-0.05, 0) is 24.0 Å². The van der Waals surface area contributed by atoms with Crippen LogP contribution in [0.2, 0.25) is 0 Å². The maximum absolute atomic E-state index is 12.3. The van der Waals surface area contributed by atoms with Crippen LogP contribution in [0.5, 0.6) is 0 Å². The first-order valence-corrected chi connectivity index (χ1v) is 8.66. The molecule has 7 heteroatoms. The standard InChI is InChI=1S/C18H21N5O2/c24-17-7-15(10-23(17)16-5-6-16)18(25)20-8-13-1-3-14(4-2-13)9-22-12-19-11-21-22/h1-4,11-12,15-16H,5-10H2,(H,20,25). The Morgan fingerprint density at radius 3 is 2.64 bits per heavy atom. The molecule has 4 rings (SSSR count). The van der Waals surface area contributed by atoms with Crippen molar-refractivity contribution in [1.82, 2.24) is 25.0 Å². The average molecular weight is 339 g/mol. The molecule has 2 heterocycles. The van der Waals surface area contributed by atoms with E-state index < -0.39 is 0 Å². The third-order valence-electron chi connectivity index (χ3n) is 4.82. The highest BCUT2D eigenvalue weighted by Crippen LogP contribution is 2.32. The molecule has 1 aromatic heterocycles. The van der Waals surface area contributed by atoms with Crippen LogP contribution < -0.4 is 5.32 Å². The molecule has 2 amide bonds. The second kappa shape index (κ2) is 6.66. The van der Waals surface area contributed by atoms with E-state index in [4.69, 9.17) is 0 Å². The number of rotatable bonds is 6. The van der Waals surface area contributed by atoms with Crippen LogP contribution in [-0.4, -0.2) is 44.1 Å². The number of amides is 2. The maximum atomic E-state index is 12.3. The molecule has 1 N–H and O–H groups in total. The Morgan fingerprint density at radius 2 is 1.96 bits per heavy atom. The van der Waals surface area contributed by atoms with Crippen molar-refractivity contribution in [2.75, 3.05) is 6.54 Å². The summed E-state index contributed by atoms with van der Waals surface area (Å²) in [5.74, 6) is -0.108. The van der Waals surface area contributed by atoms with Gasteiger partial charge in [0.25, 0.3) is 0 Å². The number of hydrogen-bond donors (Lipinski definition) is 1. The van der Waals surface area contributed by atoms with Gasteiger partial charge in [0.1, 0.15) is 12.7 Å². The third kappa shape index (κ3) is 3.70. The van der Waals surface area contributed by atoms with Crippen LogP contribution >= 0.6 is 0 Å². The fraction of sp³-hybridized carbons (Fsp3) is 0.444. The molecule has 1 aliphatic heterocycles. The first kappa shape index (κ1) is 15.8. The Hall–Kier alpha value is -2.70. The fourth-order valence-corrected chi connectivity index (χ4v) is 3.24. The van der Waals surface area contributed by atoms with Crippen molar-refractivity contribution in [3.63, 3.8) is 0 Å². The molecule has 1 aliphatic carbocycles. The van der Waals surface area contributed by atoms with E-state index in [0.717, 1.165) is 24.0 Å². The smallest absolute Gasteiger partial charge is 0.225 e. The van der Waals surface area contributed by atoms with E-state index >= 15 is 0 Å². The Balaban J connectivity index is 1.27. The van der Waals surface area contributed by atoms with Gasteiger partial charge in [-0.15, -0.1) is 0 Å². The van der Waals surface area contributed by atoms with E-state index in [0.29, 0.717) is 32.1 Å². The maximum Gasteiger partial charge on any atom is 0.225 e. The van der Waals surface area contributed by atoms with Crippen LogP contribution in [0.4, 0.5) is 0 Å². The molecule has 7 nitrogen and oxygen atoms in total. The Morgan fingerprint density at radius 1 is 1.20 bits per heavy atom. The van der Waals surface area contributed by atoms with Crippen molar-refractivity contribution >= 4 is 11.8 Å². The molecule has 1 aromatic carbocycles. The van der Waals surface area contributed by atoms with Gasteiger partial charge in [-0.2, -0.15) is 5.10 Å². The van der Waals surface area contributed by atoms with Crippen molar-refractivity contribution in [3.05, 3.63) is 48.0 Å². The highest BCUT2D eigenvalue weighted by molar-refractivity contribution is 5.89. The molecule has 1 atom stereocenters. The number of nitrogens with one attached hydrogen (secondary N) is 1. The van der Waals surface area contributed by atoms with Crippen LogP contribution in [0.3, 0.4) is 0 Å². The summed E-state index contributed by atoms with van der Waals surface area (Å²) in [7, 11) is 0. The zero-order chi connectivity index (χ0) is 17.2. The molecular formula is C18H21N5O2. The predicted molar refractivity (Wildman–Crippen MR) is 90.3 cm³/mol. The molecule has 1 unspecified atom stereocenters. The molecule has 0 radical (unpaired) electrons. The molecule has 0 spiro atoms. The molecule has 0 bridgehead atoms. The van der Waals surface area contributed by atoms with Crippen molar-refractivity contribution in [3.8, 4) is 0 Å². The Bertz CT molecular complexity index is 752. The van der Waals surface area contributed by atoms with Crippen molar-refractivity contribution in [2.45, 2.75) is 38.4 Å². The summed E-state index contributed by atoms with van der Waals surface area (Å²) >= 11 is 0. The topological polar surface area (TPSA) is 80.1 Å². The van der Waals surface area contributed by atoms with Crippen LogP contribution in [0, 0.1) is 5.92 Å². The van der Waals surface area contributed by atoms with Gasteiger partial charge in [-0.1, -0.05) is 24.3 Å². The third-order valence-corrected chi connectivity index (χ3v) is 4.82. The SMILES string of the molecule is O=C(NCc1ccc(Cn2cncn2)cc1)C1CC(=O)N(C2CC2)C1. The zero-order valence-corrected chi connectivity index (χ0v) is 14.0. The zero-order valence-electron chi connectivity index (χ0n) is 14.0. The van der Waals surface area contributed by atoms with E-state index in [1.807, 2.05) is 29.2 Å². The van der Waals surface area contributed by atoms with E-state index in [2.05, 4.69) is 15.4 Å². The Kier molecular flexibility index (Phi) is 4.21. The normalized spacial score (nSPS) is 20.1. The number of carbonyl (C=O) groups is 2. The molecular weight excluding hydrogens is 318 g/mol. The lowest BCUT2D eigenvalue weighted by atomic mass is 10.1. The van der Waals surface area contributed by atoms with Crippen LogP contribution in [0.1, 0.15) is 30.4 Å². The van der Waals surface area contributed by atoms with Crippen molar-refractivity contribution in [2.24, 2.45) is 5.92 Å². The second-order valence-electron chi connectivity index (χ2n) is 6.81. The summed E-state index contributed by atoms with van der Waals surface area (Å²) in [4.78, 5) is 30.1. The van der Waals surface area contributed by atoms with Gasteiger partial charge in [-0.3, -0.25) is 9.59 Å². The van der Waals surface area contributed by atoms with Crippen molar-refractivity contribution in [1.29, 1.82) is 0 Å². The van der Waals surface area contributed by atoms with Gasteiger partial charge >= 0.3 is 0 Å². The van der Waals surface area contributed by atoms with Gasteiger partial charge in [0.05, 0.1) is 12.5 Å². The Labute approximate surface area is 146 Å². The van der Waals surface area contributed by atoms with E-state index in [1.54, 1.807) is 11.0 Å². The second-order valence-corrected chi connectivity index (χ2v) is 6.81. The highest BCUT2D eigenvalue weighted by atomic mass is 16.2. The number of hydrogen-bond acceptors (Lipinski definition) is 4. The van der Waals surface area contributed by atoms with E-state index in [1.165, 1.54) is 6.33 Å². The number of carbonyl (C=O) groups excluding carboxylic acids is 2. The lowest BCUT2D eigenvalue weighted by Crippen LogP contribution is -2.33. The van der Waals surface area contributed by atoms with Gasteiger partial charge in [0, 0.05) is 25.6 Å². The van der Waals surface area contributed by atoms with Gasteiger partial charge in [0.2, 0.25) is 11.8 Å². The van der Waals surface area contributed by atoms with Gasteiger partial charge in [0.15, 0.2) is 0 Å². The lowest BCUT2D eigenvalue weighted by Gasteiger charge is -2.15. The average Bonchev–Trinajstić information content (AvgIpc) is 3.19. The summed E-state index contributed by atoms with van der Waals surface area (Å²) in [6.07, 6.45) is 5.71. The molecule has 2 fully saturated rings. The first-order chi connectivity index (χ1) is 12.2. The molecule has 2 aliphatic rings. The molecule has 2 aromatic rings. The highest BCUT2D eigenvalue weighted by Gasteiger charge is 2.41. The van der Waals surface area contributed by atoms with Crippen LogP contribution in [0.15, 0.2) is 36.9 Å². The van der Waals surface area contributed by atoms with Gasteiger partial charge in [-0.25, -0.2) is 9.67 Å². The van der Waals surface area contributed by atoms with Crippen LogP contribution in [0.25, 0.3) is 0 Å². The van der Waals surface area contributed by atoms with Gasteiger partial charge < -0.3 is 10.2 Å². The van der Waals surface area contributed by atoms with Crippen molar-refractivity contribution < 1.29 is 9.59 Å². The quantitative estimate of drug-likeness (QED) is 0.850. The molecule has 1 saturated carbocycles. The van der Waals surface area contributed by atoms with Crippen LogP contribution in [-0.2, 0) is 22.7 Å². The lowest BCUT2D eigenvalue weighted by molar-refractivity contribution is -0.129. The molecule has 130 valence electrons. The minimum Gasteiger partial charge on any atom is -0.352 e. The first-order valence-electron chi connectivity index (χ1n) is 8.66. The summed E-state index contributed by atoms with van der Waals surface area (Å²) in [6, 6.07) is 8.45. The summed E-state index contributed by atoms with van der Waals surface area (Å²) in [5, 5.41) is 7.04. The monoisotopic (exact) mass is 339 g/mol. The van der Waals surface area contributed by atoms with E-state index in [-0.39, 0.29) is 17.7 Å². The number of aromatic nitrogens is 3. The number of likely N-dealkylation sites (tertiary alicyclic amines) is 1. The van der Waals surface area contributed by atoms with E-state index in [9.17, 15) is 9.59 Å². The summed E-state index contributed by atoms with van der Waals surface area (Å²) in [5.41, 5.74) is 2.17. The summed E-state index contributed by atoms with van der Waals surface area (Å²) < 4.78 is 1.76. The minimum atomic E-state index is -0.209. The molecule has 1 saturated heterocycles.